The Kier molecular flexibility index (Phi) is 3.74. The number of hydrogen-bond acceptors (Lipinski definition) is 4. The predicted molar refractivity (Wildman–Crippen MR) is 69.9 cm³/mol. The Balaban J connectivity index is 1.94. The third-order valence-electron chi connectivity index (χ3n) is 3.13. The number of sulfonamides is 1. The van der Waals surface area contributed by atoms with Crippen molar-refractivity contribution in [2.45, 2.75) is 24.0 Å². The monoisotopic (exact) mass is 288 g/mol. The topological polar surface area (TPSA) is 89.3 Å². The summed E-state index contributed by atoms with van der Waals surface area (Å²) in [5.41, 5.74) is 0.354. The molecule has 1 atom stereocenters. The van der Waals surface area contributed by atoms with Crippen LogP contribution in [0.25, 0.3) is 0 Å². The minimum atomic E-state index is -3.71. The molecule has 0 aromatic carbocycles. The number of nitrogens with two attached hydrogens (primary N) is 1. The third kappa shape index (κ3) is 3.30. The molecule has 1 amide bonds. The van der Waals surface area contributed by atoms with Crippen LogP contribution in [-0.4, -0.2) is 20.9 Å². The van der Waals surface area contributed by atoms with Crippen LogP contribution in [-0.2, 0) is 10.0 Å². The number of carbonyl (C=O) groups excluding carboxylic acids is 1. The second-order valence-corrected chi connectivity index (χ2v) is 7.42. The lowest BCUT2D eigenvalue weighted by Crippen LogP contribution is -2.28. The Morgan fingerprint density at radius 3 is 2.78 bits per heavy atom. The first-order chi connectivity index (χ1) is 8.38. The van der Waals surface area contributed by atoms with Gasteiger partial charge in [-0.15, -0.1) is 11.3 Å². The van der Waals surface area contributed by atoms with Gasteiger partial charge in [0.25, 0.3) is 5.91 Å². The number of thiophene rings is 1. The second kappa shape index (κ2) is 4.99. The smallest absolute Gasteiger partial charge is 0.252 e. The van der Waals surface area contributed by atoms with E-state index in [9.17, 15) is 13.2 Å². The average Bonchev–Trinajstić information content (AvgIpc) is 3.00. The molecule has 7 heteroatoms. The maximum absolute atomic E-state index is 11.8. The van der Waals surface area contributed by atoms with Crippen molar-refractivity contribution in [3.05, 3.63) is 17.0 Å². The number of hydrogen-bond donors (Lipinski definition) is 2. The fourth-order valence-corrected chi connectivity index (χ4v) is 3.36. The molecule has 0 spiro atoms. The molecule has 18 heavy (non-hydrogen) atoms. The zero-order valence-electron chi connectivity index (χ0n) is 10.0. The normalized spacial score (nSPS) is 17.4. The highest BCUT2D eigenvalue weighted by atomic mass is 32.2. The first kappa shape index (κ1) is 13.5. The molecular formula is C11H16N2O3S2. The summed E-state index contributed by atoms with van der Waals surface area (Å²) in [6.07, 6.45) is 2.48. The van der Waals surface area contributed by atoms with E-state index in [0.29, 0.717) is 18.0 Å². The highest BCUT2D eigenvalue weighted by Gasteiger charge is 2.28. The van der Waals surface area contributed by atoms with E-state index in [2.05, 4.69) is 12.2 Å². The van der Waals surface area contributed by atoms with Crippen LogP contribution in [0.4, 0.5) is 0 Å². The highest BCUT2D eigenvalue weighted by molar-refractivity contribution is 7.91. The largest absolute Gasteiger partial charge is 0.352 e. The molecule has 1 aliphatic carbocycles. The van der Waals surface area contributed by atoms with E-state index in [1.807, 2.05) is 0 Å². The molecule has 1 aliphatic rings. The molecule has 1 saturated carbocycles. The van der Waals surface area contributed by atoms with Crippen molar-refractivity contribution in [2.24, 2.45) is 17.0 Å². The van der Waals surface area contributed by atoms with Gasteiger partial charge in [0.2, 0.25) is 10.0 Å². The molecule has 0 radical (unpaired) electrons. The van der Waals surface area contributed by atoms with Gasteiger partial charge in [-0.3, -0.25) is 4.79 Å². The van der Waals surface area contributed by atoms with Gasteiger partial charge in [0.1, 0.15) is 4.21 Å². The van der Waals surface area contributed by atoms with Crippen LogP contribution in [0.5, 0.6) is 0 Å². The van der Waals surface area contributed by atoms with Crippen molar-refractivity contribution in [2.75, 3.05) is 6.54 Å². The van der Waals surface area contributed by atoms with Gasteiger partial charge in [-0.1, -0.05) is 6.92 Å². The van der Waals surface area contributed by atoms with Crippen molar-refractivity contribution in [3.63, 3.8) is 0 Å². The van der Waals surface area contributed by atoms with Crippen molar-refractivity contribution < 1.29 is 13.2 Å². The molecule has 1 unspecified atom stereocenters. The number of rotatable bonds is 5. The molecule has 2 rings (SSSR count). The minimum absolute atomic E-state index is 0.0166. The van der Waals surface area contributed by atoms with Crippen LogP contribution in [0, 0.1) is 11.8 Å². The van der Waals surface area contributed by atoms with Crippen molar-refractivity contribution >= 4 is 27.3 Å². The van der Waals surface area contributed by atoms with Gasteiger partial charge < -0.3 is 5.32 Å². The zero-order valence-corrected chi connectivity index (χ0v) is 11.7. The van der Waals surface area contributed by atoms with Crippen molar-refractivity contribution in [3.8, 4) is 0 Å². The molecule has 100 valence electrons. The quantitative estimate of drug-likeness (QED) is 0.852. The molecule has 0 aliphatic heterocycles. The predicted octanol–water partition coefficient (Wildman–Crippen LogP) is 1.17. The summed E-state index contributed by atoms with van der Waals surface area (Å²) in [5.74, 6) is 0.965. The van der Waals surface area contributed by atoms with Crippen LogP contribution in [0.1, 0.15) is 30.1 Å². The van der Waals surface area contributed by atoms with E-state index in [4.69, 9.17) is 5.14 Å². The van der Waals surface area contributed by atoms with Gasteiger partial charge in [-0.05, 0) is 30.7 Å². The lowest BCUT2D eigenvalue weighted by molar-refractivity contribution is 0.0947. The average molecular weight is 288 g/mol. The molecule has 0 bridgehead atoms. The summed E-state index contributed by atoms with van der Waals surface area (Å²) in [4.78, 5) is 11.8. The Bertz CT molecular complexity index is 546. The molecule has 1 aromatic heterocycles. The number of amides is 1. The SMILES string of the molecule is CC(CNC(=O)c1csc(S(N)(=O)=O)c1)C1CC1. The van der Waals surface area contributed by atoms with Gasteiger partial charge in [-0.25, -0.2) is 13.6 Å². The van der Waals surface area contributed by atoms with Gasteiger partial charge in [-0.2, -0.15) is 0 Å². The summed E-state index contributed by atoms with van der Waals surface area (Å²) in [6, 6.07) is 1.32. The van der Waals surface area contributed by atoms with Gasteiger partial charge in [0, 0.05) is 11.9 Å². The Hall–Kier alpha value is -0.920. The van der Waals surface area contributed by atoms with Gasteiger partial charge >= 0.3 is 0 Å². The fraction of sp³-hybridized carbons (Fsp3) is 0.545. The number of nitrogens with one attached hydrogen (secondary N) is 1. The standard InChI is InChI=1S/C11H16N2O3S2/c1-7(8-2-3-8)5-13-11(14)9-4-10(17-6-9)18(12,15)16/h4,6-8H,2-3,5H2,1H3,(H,13,14)(H2,12,15,16). The molecule has 1 heterocycles. The van der Waals surface area contributed by atoms with Crippen LogP contribution in [0.15, 0.2) is 15.7 Å². The molecule has 1 aromatic rings. The Labute approximate surface area is 110 Å². The molecule has 1 fully saturated rings. The lowest BCUT2D eigenvalue weighted by Gasteiger charge is -2.10. The van der Waals surface area contributed by atoms with E-state index in [-0.39, 0.29) is 10.1 Å². The van der Waals surface area contributed by atoms with Gasteiger partial charge in [0.15, 0.2) is 0 Å². The van der Waals surface area contributed by atoms with E-state index >= 15 is 0 Å². The first-order valence-corrected chi connectivity index (χ1v) is 8.20. The van der Waals surface area contributed by atoms with Gasteiger partial charge in [0.05, 0.1) is 5.56 Å². The number of primary sulfonamides is 1. The first-order valence-electron chi connectivity index (χ1n) is 5.77. The highest BCUT2D eigenvalue weighted by Crippen LogP contribution is 2.36. The van der Waals surface area contributed by atoms with Crippen LogP contribution in [0.2, 0.25) is 0 Å². The molecule has 0 saturated heterocycles. The maximum Gasteiger partial charge on any atom is 0.252 e. The van der Waals surface area contributed by atoms with Crippen LogP contribution in [0.3, 0.4) is 0 Å². The summed E-state index contributed by atoms with van der Waals surface area (Å²) in [6.45, 7) is 2.74. The fourth-order valence-electron chi connectivity index (χ4n) is 1.77. The summed E-state index contributed by atoms with van der Waals surface area (Å²) < 4.78 is 22.2. The van der Waals surface area contributed by atoms with Crippen molar-refractivity contribution in [1.29, 1.82) is 0 Å². The Morgan fingerprint density at radius 1 is 1.61 bits per heavy atom. The summed E-state index contributed by atoms with van der Waals surface area (Å²) in [5, 5.41) is 9.32. The lowest BCUT2D eigenvalue weighted by atomic mass is 10.1. The van der Waals surface area contributed by atoms with E-state index < -0.39 is 10.0 Å². The number of carbonyl (C=O) groups is 1. The maximum atomic E-state index is 11.8. The zero-order chi connectivity index (χ0) is 13.3. The Morgan fingerprint density at radius 2 is 2.28 bits per heavy atom. The molecule has 3 N–H and O–H groups in total. The summed E-state index contributed by atoms with van der Waals surface area (Å²) >= 11 is 0.964. The van der Waals surface area contributed by atoms with E-state index in [1.165, 1.54) is 24.3 Å². The van der Waals surface area contributed by atoms with E-state index in [1.54, 1.807) is 0 Å². The molecule has 5 nitrogen and oxygen atoms in total. The van der Waals surface area contributed by atoms with Crippen molar-refractivity contribution in [1.82, 2.24) is 5.32 Å². The van der Waals surface area contributed by atoms with E-state index in [0.717, 1.165) is 17.3 Å². The van der Waals surface area contributed by atoms with Crippen LogP contribution < -0.4 is 10.5 Å². The third-order valence-corrected chi connectivity index (χ3v) is 5.52. The minimum Gasteiger partial charge on any atom is -0.352 e. The summed E-state index contributed by atoms with van der Waals surface area (Å²) in [7, 11) is -3.71. The van der Waals surface area contributed by atoms with Crippen LogP contribution >= 0.6 is 11.3 Å². The molecular weight excluding hydrogens is 272 g/mol. The second-order valence-electron chi connectivity index (χ2n) is 4.72.